The number of ether oxygens (including phenoxy) is 1. The molecular weight excluding hydrogens is 398 g/mol. The number of imide groups is 1. The second kappa shape index (κ2) is 7.92. The molecule has 0 bridgehead atoms. The standard InChI is InChI=1S/C19H19N3O6S/c1-12-9-13-5-2-3-8-16(13)22(12)29(26,27)15-7-4-6-14(10-15)18(24)28-11-17(23)21-19(20)25/h2-8,10,12H,9,11H2,1H3,(H3,20,21,23,25)/t12-/m1/s1. The minimum absolute atomic E-state index is 0.0434. The maximum Gasteiger partial charge on any atom is 0.338 e. The highest BCUT2D eigenvalue weighted by Crippen LogP contribution is 2.36. The van der Waals surface area contributed by atoms with Crippen molar-refractivity contribution in [2.45, 2.75) is 24.3 Å². The van der Waals surface area contributed by atoms with Gasteiger partial charge < -0.3 is 10.5 Å². The summed E-state index contributed by atoms with van der Waals surface area (Å²) in [5.41, 5.74) is 6.30. The summed E-state index contributed by atoms with van der Waals surface area (Å²) in [6.07, 6.45) is 0.589. The molecule has 0 saturated heterocycles. The van der Waals surface area contributed by atoms with E-state index in [0.717, 1.165) is 5.56 Å². The number of benzene rings is 2. The first kappa shape index (κ1) is 20.3. The number of amides is 3. The molecule has 3 amide bonds. The zero-order valence-electron chi connectivity index (χ0n) is 15.5. The normalized spacial score (nSPS) is 15.5. The Morgan fingerprint density at radius 3 is 2.62 bits per heavy atom. The Hall–Kier alpha value is -3.40. The third-order valence-corrected chi connectivity index (χ3v) is 6.29. The van der Waals surface area contributed by atoms with Crippen LogP contribution in [0.2, 0.25) is 0 Å². The molecule has 2 aromatic carbocycles. The molecule has 29 heavy (non-hydrogen) atoms. The summed E-state index contributed by atoms with van der Waals surface area (Å²) in [6.45, 7) is 1.09. The number of nitrogens with zero attached hydrogens (tertiary/aromatic N) is 1. The van der Waals surface area contributed by atoms with Gasteiger partial charge in [0.25, 0.3) is 15.9 Å². The van der Waals surface area contributed by atoms with Gasteiger partial charge in [-0.05, 0) is 43.2 Å². The summed E-state index contributed by atoms with van der Waals surface area (Å²) in [4.78, 5) is 34.0. The lowest BCUT2D eigenvalue weighted by molar-refractivity contribution is -0.123. The summed E-state index contributed by atoms with van der Waals surface area (Å²) in [6, 6.07) is 11.3. The zero-order valence-corrected chi connectivity index (χ0v) is 16.3. The van der Waals surface area contributed by atoms with Gasteiger partial charge in [-0.2, -0.15) is 0 Å². The van der Waals surface area contributed by atoms with Crippen LogP contribution in [0.1, 0.15) is 22.8 Å². The molecule has 0 unspecified atom stereocenters. The lowest BCUT2D eigenvalue weighted by Gasteiger charge is -2.24. The summed E-state index contributed by atoms with van der Waals surface area (Å²) < 4.78 is 32.6. The maximum atomic E-state index is 13.2. The number of nitrogens with two attached hydrogens (primary N) is 1. The third-order valence-electron chi connectivity index (χ3n) is 4.37. The molecule has 0 aliphatic carbocycles. The molecule has 0 spiro atoms. The van der Waals surface area contributed by atoms with E-state index in [1.54, 1.807) is 17.4 Å². The lowest BCUT2D eigenvalue weighted by Crippen LogP contribution is -2.37. The van der Waals surface area contributed by atoms with E-state index in [9.17, 15) is 22.8 Å². The molecule has 1 heterocycles. The molecule has 1 aliphatic rings. The Bertz CT molecular complexity index is 1080. The number of primary amides is 1. The number of carbonyl (C=O) groups excluding carboxylic acids is 3. The van der Waals surface area contributed by atoms with Crippen LogP contribution in [0.15, 0.2) is 53.4 Å². The summed E-state index contributed by atoms with van der Waals surface area (Å²) in [5, 5.41) is 1.76. The fraction of sp³-hybridized carbons (Fsp3) is 0.211. The number of para-hydroxylation sites is 1. The van der Waals surface area contributed by atoms with Gasteiger partial charge in [-0.3, -0.25) is 14.4 Å². The minimum atomic E-state index is -3.92. The van der Waals surface area contributed by atoms with Crippen LogP contribution >= 0.6 is 0 Å². The number of urea groups is 1. The third kappa shape index (κ3) is 4.21. The molecule has 3 rings (SSSR count). The SMILES string of the molecule is C[C@@H]1Cc2ccccc2N1S(=O)(=O)c1cccc(C(=O)OCC(=O)NC(N)=O)c1. The Morgan fingerprint density at radius 2 is 1.90 bits per heavy atom. The number of esters is 1. The molecule has 1 atom stereocenters. The first-order valence-corrected chi connectivity index (χ1v) is 10.1. The molecule has 152 valence electrons. The van der Waals surface area contributed by atoms with Crippen LogP contribution in [0.25, 0.3) is 0 Å². The van der Waals surface area contributed by atoms with Crippen molar-refractivity contribution in [1.82, 2.24) is 5.32 Å². The van der Waals surface area contributed by atoms with Crippen LogP contribution in [0.5, 0.6) is 0 Å². The van der Waals surface area contributed by atoms with Crippen molar-refractivity contribution in [3.8, 4) is 0 Å². The van der Waals surface area contributed by atoms with Gasteiger partial charge in [0.15, 0.2) is 6.61 Å². The van der Waals surface area contributed by atoms with Crippen molar-refractivity contribution in [1.29, 1.82) is 0 Å². The summed E-state index contributed by atoms with van der Waals surface area (Å²) in [5.74, 6) is -1.80. The van der Waals surface area contributed by atoms with Gasteiger partial charge in [0.05, 0.1) is 16.1 Å². The number of rotatable bonds is 5. The molecule has 3 N–H and O–H groups in total. The lowest BCUT2D eigenvalue weighted by atomic mass is 10.1. The average Bonchev–Trinajstić information content (AvgIpc) is 3.02. The van der Waals surface area contributed by atoms with E-state index in [0.29, 0.717) is 12.1 Å². The Labute approximate surface area is 167 Å². The van der Waals surface area contributed by atoms with Gasteiger partial charge in [-0.15, -0.1) is 0 Å². The van der Waals surface area contributed by atoms with E-state index in [4.69, 9.17) is 10.5 Å². The number of anilines is 1. The molecule has 10 heteroatoms. The first-order valence-electron chi connectivity index (χ1n) is 8.69. The predicted octanol–water partition coefficient (Wildman–Crippen LogP) is 1.18. The van der Waals surface area contributed by atoms with Crippen LogP contribution in [0.4, 0.5) is 10.5 Å². The number of nitrogens with one attached hydrogen (secondary N) is 1. The largest absolute Gasteiger partial charge is 0.452 e. The van der Waals surface area contributed by atoms with E-state index in [1.807, 2.05) is 19.1 Å². The quantitative estimate of drug-likeness (QED) is 0.701. The van der Waals surface area contributed by atoms with Crippen LogP contribution in [-0.2, 0) is 26.0 Å². The highest BCUT2D eigenvalue weighted by molar-refractivity contribution is 7.92. The predicted molar refractivity (Wildman–Crippen MR) is 104 cm³/mol. The topological polar surface area (TPSA) is 136 Å². The average molecular weight is 417 g/mol. The van der Waals surface area contributed by atoms with Gasteiger partial charge in [0.1, 0.15) is 0 Å². The van der Waals surface area contributed by atoms with Gasteiger partial charge in [-0.1, -0.05) is 24.3 Å². The second-order valence-corrected chi connectivity index (χ2v) is 8.31. The van der Waals surface area contributed by atoms with Gasteiger partial charge >= 0.3 is 12.0 Å². The van der Waals surface area contributed by atoms with Crippen LogP contribution < -0.4 is 15.4 Å². The van der Waals surface area contributed by atoms with Crippen molar-refractivity contribution in [2.75, 3.05) is 10.9 Å². The number of hydrogen-bond donors (Lipinski definition) is 2. The molecule has 0 aromatic heterocycles. The Balaban J connectivity index is 1.83. The van der Waals surface area contributed by atoms with Crippen LogP contribution in [0.3, 0.4) is 0 Å². The van der Waals surface area contributed by atoms with Gasteiger partial charge in [0, 0.05) is 6.04 Å². The van der Waals surface area contributed by atoms with E-state index in [2.05, 4.69) is 0 Å². The Kier molecular flexibility index (Phi) is 5.55. The van der Waals surface area contributed by atoms with Crippen molar-refractivity contribution in [3.05, 3.63) is 59.7 Å². The molecule has 0 radical (unpaired) electrons. The fourth-order valence-corrected chi connectivity index (χ4v) is 4.93. The first-order chi connectivity index (χ1) is 13.7. The smallest absolute Gasteiger partial charge is 0.338 e. The highest BCUT2D eigenvalue weighted by Gasteiger charge is 2.36. The Morgan fingerprint density at radius 1 is 1.17 bits per heavy atom. The van der Waals surface area contributed by atoms with Gasteiger partial charge in [-0.25, -0.2) is 18.0 Å². The maximum absolute atomic E-state index is 13.2. The molecule has 2 aromatic rings. The zero-order chi connectivity index (χ0) is 21.2. The van der Waals surface area contributed by atoms with E-state index in [-0.39, 0.29) is 16.5 Å². The number of hydrogen-bond acceptors (Lipinski definition) is 6. The van der Waals surface area contributed by atoms with Crippen molar-refractivity contribution in [3.63, 3.8) is 0 Å². The minimum Gasteiger partial charge on any atom is -0.452 e. The van der Waals surface area contributed by atoms with Crippen molar-refractivity contribution in [2.24, 2.45) is 5.73 Å². The molecule has 0 fully saturated rings. The van der Waals surface area contributed by atoms with Gasteiger partial charge in [0.2, 0.25) is 0 Å². The number of carbonyl (C=O) groups is 3. The van der Waals surface area contributed by atoms with E-state index >= 15 is 0 Å². The molecule has 1 aliphatic heterocycles. The molecule has 0 saturated carbocycles. The number of sulfonamides is 1. The summed E-state index contributed by atoms with van der Waals surface area (Å²) in [7, 11) is -3.92. The van der Waals surface area contributed by atoms with E-state index < -0.39 is 34.5 Å². The number of fused-ring (bicyclic) bond motifs is 1. The molecule has 9 nitrogen and oxygen atoms in total. The van der Waals surface area contributed by atoms with E-state index in [1.165, 1.54) is 28.6 Å². The molecular formula is C19H19N3O6S. The monoisotopic (exact) mass is 417 g/mol. The summed E-state index contributed by atoms with van der Waals surface area (Å²) >= 11 is 0. The van der Waals surface area contributed by atoms with Crippen molar-refractivity contribution < 1.29 is 27.5 Å². The fourth-order valence-electron chi connectivity index (χ4n) is 3.19. The van der Waals surface area contributed by atoms with Crippen LogP contribution in [-0.4, -0.2) is 39.0 Å². The second-order valence-electron chi connectivity index (χ2n) is 6.50. The van der Waals surface area contributed by atoms with Crippen molar-refractivity contribution >= 4 is 33.6 Å². The van der Waals surface area contributed by atoms with Crippen LogP contribution in [0, 0.1) is 0 Å². The highest BCUT2D eigenvalue weighted by atomic mass is 32.2.